The first kappa shape index (κ1) is 21.8. The zero-order chi connectivity index (χ0) is 22.3. The fraction of sp³-hybridized carbons (Fsp3) is 0.556. The minimum Gasteiger partial charge on any atom is -0.375 e. The van der Waals surface area contributed by atoms with Crippen molar-refractivity contribution >= 4 is 11.8 Å². The van der Waals surface area contributed by atoms with Crippen LogP contribution in [0.4, 0.5) is 0 Å². The average molecular weight is 449 g/mol. The van der Waals surface area contributed by atoms with Crippen LogP contribution in [0.3, 0.4) is 0 Å². The number of ether oxygens (including phenoxy) is 1. The number of nitrogens with zero attached hydrogens (tertiary/aromatic N) is 2. The standard InChI is InChI=1S/C27H32N2O2S/c1-4-16-32-25-28-23-21-11-7-6-10-19(21)17-27(13-8-5-9-14-27)22(23)24(30)29(25)20-12-15-31-26(2,3)18-20/h1,6-7,10-11,20H,5,8-9,12-18H2,2-3H3. The van der Waals surface area contributed by atoms with Gasteiger partial charge in [0.2, 0.25) is 0 Å². The molecule has 4 nitrogen and oxygen atoms in total. The second kappa shape index (κ2) is 8.39. The number of rotatable bonds is 3. The number of fused-ring (bicyclic) bond motifs is 4. The number of hydrogen-bond donors (Lipinski definition) is 0. The summed E-state index contributed by atoms with van der Waals surface area (Å²) in [7, 11) is 0. The molecule has 0 amide bonds. The highest BCUT2D eigenvalue weighted by Gasteiger charge is 2.44. The molecule has 0 bridgehead atoms. The maximum absolute atomic E-state index is 14.4. The second-order valence-electron chi connectivity index (χ2n) is 10.2. The van der Waals surface area contributed by atoms with Crippen molar-refractivity contribution in [3.8, 4) is 23.6 Å². The van der Waals surface area contributed by atoms with Gasteiger partial charge in [-0.2, -0.15) is 0 Å². The average Bonchev–Trinajstić information content (AvgIpc) is 2.77. The highest BCUT2D eigenvalue weighted by Crippen LogP contribution is 2.49. The number of thioether (sulfide) groups is 1. The third kappa shape index (κ3) is 3.72. The molecule has 1 atom stereocenters. The molecule has 168 valence electrons. The summed E-state index contributed by atoms with van der Waals surface area (Å²) in [4.78, 5) is 19.6. The predicted octanol–water partition coefficient (Wildman–Crippen LogP) is 5.52. The van der Waals surface area contributed by atoms with Crippen LogP contribution in [-0.4, -0.2) is 27.5 Å². The molecule has 2 heterocycles. The second-order valence-corrected chi connectivity index (χ2v) is 11.2. The molecule has 2 aliphatic carbocycles. The lowest BCUT2D eigenvalue weighted by Gasteiger charge is -2.43. The molecular formula is C27H32N2O2S. The normalized spacial score (nSPS) is 23.2. The quantitative estimate of drug-likeness (QED) is 0.352. The largest absolute Gasteiger partial charge is 0.375 e. The first-order valence-corrected chi connectivity index (χ1v) is 12.9. The lowest BCUT2D eigenvalue weighted by molar-refractivity contribution is -0.0710. The van der Waals surface area contributed by atoms with Crippen LogP contribution < -0.4 is 5.56 Å². The van der Waals surface area contributed by atoms with Gasteiger partial charge in [-0.15, -0.1) is 6.42 Å². The fourth-order valence-electron chi connectivity index (χ4n) is 6.15. The van der Waals surface area contributed by atoms with E-state index >= 15 is 0 Å². The van der Waals surface area contributed by atoms with Crippen molar-refractivity contribution in [3.63, 3.8) is 0 Å². The molecule has 1 aromatic carbocycles. The summed E-state index contributed by atoms with van der Waals surface area (Å²) in [6.07, 6.45) is 13.9. The Labute approximate surface area is 195 Å². The molecule has 1 aliphatic heterocycles. The van der Waals surface area contributed by atoms with Crippen molar-refractivity contribution in [2.24, 2.45) is 0 Å². The molecule has 1 aromatic heterocycles. The first-order valence-electron chi connectivity index (χ1n) is 11.9. The predicted molar refractivity (Wildman–Crippen MR) is 130 cm³/mol. The van der Waals surface area contributed by atoms with E-state index in [0.717, 1.165) is 54.1 Å². The molecule has 5 heteroatoms. The Morgan fingerprint density at radius 3 is 2.78 bits per heavy atom. The van der Waals surface area contributed by atoms with Crippen molar-refractivity contribution in [2.45, 2.75) is 87.4 Å². The van der Waals surface area contributed by atoms with Gasteiger partial charge in [-0.25, -0.2) is 4.98 Å². The summed E-state index contributed by atoms with van der Waals surface area (Å²) in [5.41, 5.74) is 4.13. The Bertz CT molecular complexity index is 1120. The Morgan fingerprint density at radius 2 is 2.03 bits per heavy atom. The Balaban J connectivity index is 1.75. The van der Waals surface area contributed by atoms with E-state index in [4.69, 9.17) is 16.1 Å². The van der Waals surface area contributed by atoms with E-state index in [1.165, 1.54) is 36.6 Å². The molecule has 2 fully saturated rings. The van der Waals surface area contributed by atoms with E-state index in [1.54, 1.807) is 0 Å². The third-order valence-corrected chi connectivity index (χ3v) is 8.40. The van der Waals surface area contributed by atoms with Gasteiger partial charge in [0, 0.05) is 23.6 Å². The topological polar surface area (TPSA) is 44.1 Å². The molecule has 1 saturated carbocycles. The maximum atomic E-state index is 14.4. The van der Waals surface area contributed by atoms with Gasteiger partial charge in [0.25, 0.3) is 5.56 Å². The van der Waals surface area contributed by atoms with Crippen molar-refractivity contribution in [1.29, 1.82) is 0 Å². The number of benzene rings is 1. The summed E-state index contributed by atoms with van der Waals surface area (Å²) in [6.45, 7) is 4.89. The minimum atomic E-state index is -0.249. The van der Waals surface area contributed by atoms with Crippen LogP contribution in [0.5, 0.6) is 0 Å². The van der Waals surface area contributed by atoms with Crippen LogP contribution in [0, 0.1) is 12.3 Å². The molecule has 3 aliphatic rings. The van der Waals surface area contributed by atoms with Gasteiger partial charge < -0.3 is 4.74 Å². The molecule has 32 heavy (non-hydrogen) atoms. The SMILES string of the molecule is C#CCSc1nc2c(c(=O)n1C1CCOC(C)(C)C1)C1(CCCCC1)Cc1ccccc1-2. The van der Waals surface area contributed by atoms with Crippen LogP contribution >= 0.6 is 11.8 Å². The van der Waals surface area contributed by atoms with Gasteiger partial charge in [-0.1, -0.05) is 61.2 Å². The first-order chi connectivity index (χ1) is 15.4. The van der Waals surface area contributed by atoms with E-state index < -0.39 is 0 Å². The monoisotopic (exact) mass is 448 g/mol. The Morgan fingerprint density at radius 1 is 1.25 bits per heavy atom. The lowest BCUT2D eigenvalue weighted by Crippen LogP contribution is -2.45. The van der Waals surface area contributed by atoms with Crippen molar-refractivity contribution < 1.29 is 4.74 Å². The minimum absolute atomic E-state index is 0.0853. The maximum Gasteiger partial charge on any atom is 0.258 e. The molecular weight excluding hydrogens is 416 g/mol. The molecule has 1 saturated heterocycles. The van der Waals surface area contributed by atoms with Gasteiger partial charge in [0.1, 0.15) is 0 Å². The van der Waals surface area contributed by atoms with E-state index in [-0.39, 0.29) is 22.6 Å². The van der Waals surface area contributed by atoms with Crippen LogP contribution in [0.2, 0.25) is 0 Å². The van der Waals surface area contributed by atoms with E-state index in [9.17, 15) is 4.79 Å². The third-order valence-electron chi connectivity index (χ3n) is 7.55. The summed E-state index contributed by atoms with van der Waals surface area (Å²) in [5, 5.41) is 0.761. The number of terminal acetylenes is 1. The zero-order valence-electron chi connectivity index (χ0n) is 19.2. The summed E-state index contributed by atoms with van der Waals surface area (Å²) >= 11 is 1.51. The number of hydrogen-bond acceptors (Lipinski definition) is 4. The molecule has 5 rings (SSSR count). The highest BCUT2D eigenvalue weighted by molar-refractivity contribution is 7.99. The van der Waals surface area contributed by atoms with Gasteiger partial charge in [0.15, 0.2) is 5.16 Å². The summed E-state index contributed by atoms with van der Waals surface area (Å²) in [6, 6.07) is 8.61. The van der Waals surface area contributed by atoms with Crippen LogP contribution in [0.25, 0.3) is 11.3 Å². The van der Waals surface area contributed by atoms with E-state index in [2.05, 4.69) is 44.0 Å². The van der Waals surface area contributed by atoms with Crippen molar-refractivity contribution in [3.05, 3.63) is 45.7 Å². The van der Waals surface area contributed by atoms with Crippen LogP contribution in [0.15, 0.2) is 34.2 Å². The molecule has 1 unspecified atom stereocenters. The smallest absolute Gasteiger partial charge is 0.258 e. The molecule has 0 radical (unpaired) electrons. The van der Waals surface area contributed by atoms with Crippen molar-refractivity contribution in [1.82, 2.24) is 9.55 Å². The van der Waals surface area contributed by atoms with Crippen molar-refractivity contribution in [2.75, 3.05) is 12.4 Å². The lowest BCUT2D eigenvalue weighted by atomic mass is 9.62. The molecule has 1 spiro atoms. The molecule has 2 aromatic rings. The van der Waals surface area contributed by atoms with Gasteiger partial charge in [-0.05, 0) is 51.5 Å². The Kier molecular flexibility index (Phi) is 5.72. The molecule has 0 N–H and O–H groups in total. The highest BCUT2D eigenvalue weighted by atomic mass is 32.2. The summed E-state index contributed by atoms with van der Waals surface area (Å²) in [5.74, 6) is 3.23. The van der Waals surface area contributed by atoms with E-state index in [0.29, 0.717) is 12.4 Å². The fourth-order valence-corrected chi connectivity index (χ4v) is 6.89. The summed E-state index contributed by atoms with van der Waals surface area (Å²) < 4.78 is 7.97. The zero-order valence-corrected chi connectivity index (χ0v) is 20.0. The van der Waals surface area contributed by atoms with Gasteiger partial charge in [0.05, 0.1) is 22.6 Å². The number of aromatic nitrogens is 2. The van der Waals surface area contributed by atoms with Gasteiger partial charge in [-0.3, -0.25) is 9.36 Å². The Hall–Kier alpha value is -2.03. The van der Waals surface area contributed by atoms with Gasteiger partial charge >= 0.3 is 0 Å². The van der Waals surface area contributed by atoms with E-state index in [1.807, 2.05) is 4.57 Å². The van der Waals surface area contributed by atoms with Crippen LogP contribution in [0.1, 0.15) is 76.0 Å². The van der Waals surface area contributed by atoms with Crippen LogP contribution in [-0.2, 0) is 16.6 Å².